The summed E-state index contributed by atoms with van der Waals surface area (Å²) in [5.41, 5.74) is 1.38. The van der Waals surface area contributed by atoms with E-state index in [1.807, 2.05) is 30.3 Å². The summed E-state index contributed by atoms with van der Waals surface area (Å²) in [7, 11) is 0. The standard InChI is InChI=1S/C12H13NO2/c14-9-10-5-4-8-13(12(10)15)11-6-2-1-3-7-11/h1-3,6-7,9,14H,4-5,8H2/b10-9+. The molecule has 0 radical (unpaired) electrons. The highest BCUT2D eigenvalue weighted by molar-refractivity contribution is 6.06. The molecule has 0 atom stereocenters. The molecule has 1 aliphatic rings. The average Bonchev–Trinajstić information content (AvgIpc) is 2.30. The lowest BCUT2D eigenvalue weighted by Crippen LogP contribution is -2.36. The van der Waals surface area contributed by atoms with Crippen molar-refractivity contribution in [1.82, 2.24) is 0 Å². The third-order valence-electron chi connectivity index (χ3n) is 2.57. The molecule has 0 aliphatic carbocycles. The number of para-hydroxylation sites is 1. The molecular weight excluding hydrogens is 190 g/mol. The van der Waals surface area contributed by atoms with Crippen molar-refractivity contribution >= 4 is 11.6 Å². The molecule has 1 aromatic carbocycles. The van der Waals surface area contributed by atoms with Crippen molar-refractivity contribution in [2.75, 3.05) is 11.4 Å². The molecule has 1 heterocycles. The summed E-state index contributed by atoms with van der Waals surface area (Å²) in [5.74, 6) is -0.0880. The molecule has 1 amide bonds. The molecule has 0 aromatic heterocycles. The van der Waals surface area contributed by atoms with Gasteiger partial charge in [-0.05, 0) is 25.0 Å². The highest BCUT2D eigenvalue weighted by Crippen LogP contribution is 2.23. The number of hydrogen-bond acceptors (Lipinski definition) is 2. The van der Waals surface area contributed by atoms with E-state index in [4.69, 9.17) is 5.11 Å². The molecule has 2 rings (SSSR count). The van der Waals surface area contributed by atoms with E-state index in [0.29, 0.717) is 12.0 Å². The maximum Gasteiger partial charge on any atom is 0.257 e. The summed E-state index contributed by atoms with van der Waals surface area (Å²) in [6.07, 6.45) is 2.49. The first-order chi connectivity index (χ1) is 7.33. The fraction of sp³-hybridized carbons (Fsp3) is 0.250. The van der Waals surface area contributed by atoms with E-state index < -0.39 is 0 Å². The quantitative estimate of drug-likeness (QED) is 0.561. The number of anilines is 1. The number of piperidine rings is 1. The summed E-state index contributed by atoms with van der Waals surface area (Å²) in [6.45, 7) is 0.722. The van der Waals surface area contributed by atoms with Gasteiger partial charge in [0, 0.05) is 12.2 Å². The van der Waals surface area contributed by atoms with Crippen molar-refractivity contribution in [3.05, 3.63) is 42.2 Å². The van der Waals surface area contributed by atoms with Crippen LogP contribution in [0.4, 0.5) is 5.69 Å². The van der Waals surface area contributed by atoms with E-state index in [2.05, 4.69) is 0 Å². The highest BCUT2D eigenvalue weighted by atomic mass is 16.2. The van der Waals surface area contributed by atoms with Gasteiger partial charge in [-0.25, -0.2) is 0 Å². The van der Waals surface area contributed by atoms with Gasteiger partial charge in [0.15, 0.2) is 0 Å². The van der Waals surface area contributed by atoms with Gasteiger partial charge in [-0.3, -0.25) is 4.79 Å². The van der Waals surface area contributed by atoms with Crippen molar-refractivity contribution in [2.45, 2.75) is 12.8 Å². The van der Waals surface area contributed by atoms with Gasteiger partial charge in [0.1, 0.15) is 0 Å². The van der Waals surface area contributed by atoms with Crippen molar-refractivity contribution in [2.24, 2.45) is 0 Å². The molecule has 1 aliphatic heterocycles. The van der Waals surface area contributed by atoms with Crippen LogP contribution >= 0.6 is 0 Å². The summed E-state index contributed by atoms with van der Waals surface area (Å²) < 4.78 is 0. The zero-order chi connectivity index (χ0) is 10.7. The molecule has 0 saturated carbocycles. The molecule has 0 bridgehead atoms. The van der Waals surface area contributed by atoms with Crippen LogP contribution in [-0.2, 0) is 4.79 Å². The van der Waals surface area contributed by atoms with Crippen LogP contribution in [0.2, 0.25) is 0 Å². The molecule has 0 spiro atoms. The Kier molecular flexibility index (Phi) is 2.72. The Bertz CT molecular complexity index is 384. The Hall–Kier alpha value is -1.77. The van der Waals surface area contributed by atoms with Gasteiger partial charge in [0.2, 0.25) is 0 Å². The third kappa shape index (κ3) is 1.86. The number of carbonyl (C=O) groups is 1. The second-order valence-electron chi connectivity index (χ2n) is 3.55. The number of benzene rings is 1. The van der Waals surface area contributed by atoms with Gasteiger partial charge in [-0.2, -0.15) is 0 Å². The smallest absolute Gasteiger partial charge is 0.257 e. The highest BCUT2D eigenvalue weighted by Gasteiger charge is 2.24. The first-order valence-corrected chi connectivity index (χ1v) is 5.03. The number of hydrogen-bond donors (Lipinski definition) is 1. The summed E-state index contributed by atoms with van der Waals surface area (Å²) in [6, 6.07) is 9.52. The van der Waals surface area contributed by atoms with Gasteiger partial charge in [-0.1, -0.05) is 18.2 Å². The van der Waals surface area contributed by atoms with Crippen LogP contribution in [0, 0.1) is 0 Å². The minimum Gasteiger partial charge on any atom is -0.515 e. The van der Waals surface area contributed by atoms with Gasteiger partial charge in [0.05, 0.1) is 11.8 Å². The first-order valence-electron chi connectivity index (χ1n) is 5.03. The second kappa shape index (κ2) is 4.17. The Labute approximate surface area is 88.6 Å². The molecule has 1 saturated heterocycles. The Morgan fingerprint density at radius 1 is 1.27 bits per heavy atom. The molecule has 3 nitrogen and oxygen atoms in total. The van der Waals surface area contributed by atoms with Crippen LogP contribution in [0.3, 0.4) is 0 Å². The number of rotatable bonds is 1. The van der Waals surface area contributed by atoms with E-state index in [-0.39, 0.29) is 5.91 Å². The van der Waals surface area contributed by atoms with Crippen LogP contribution in [0.15, 0.2) is 42.2 Å². The third-order valence-corrected chi connectivity index (χ3v) is 2.57. The summed E-state index contributed by atoms with van der Waals surface area (Å²) >= 11 is 0. The number of amides is 1. The van der Waals surface area contributed by atoms with Gasteiger partial charge < -0.3 is 10.0 Å². The van der Waals surface area contributed by atoms with Crippen LogP contribution < -0.4 is 4.90 Å². The molecule has 15 heavy (non-hydrogen) atoms. The maximum atomic E-state index is 11.9. The maximum absolute atomic E-state index is 11.9. The lowest BCUT2D eigenvalue weighted by Gasteiger charge is -2.27. The predicted molar refractivity (Wildman–Crippen MR) is 58.7 cm³/mol. The molecule has 1 N–H and O–H groups in total. The Morgan fingerprint density at radius 2 is 2.00 bits per heavy atom. The lowest BCUT2D eigenvalue weighted by atomic mass is 10.0. The van der Waals surface area contributed by atoms with Gasteiger partial charge >= 0.3 is 0 Å². The monoisotopic (exact) mass is 203 g/mol. The largest absolute Gasteiger partial charge is 0.515 e. The fourth-order valence-corrected chi connectivity index (χ4v) is 1.78. The van der Waals surface area contributed by atoms with Gasteiger partial charge in [0.25, 0.3) is 5.91 Å². The van der Waals surface area contributed by atoms with E-state index in [1.54, 1.807) is 4.90 Å². The second-order valence-corrected chi connectivity index (χ2v) is 3.55. The molecule has 3 heteroatoms. The van der Waals surface area contributed by atoms with Crippen molar-refractivity contribution in [1.29, 1.82) is 0 Å². The minimum atomic E-state index is -0.0880. The lowest BCUT2D eigenvalue weighted by molar-refractivity contribution is -0.116. The number of aliphatic hydroxyl groups is 1. The fourth-order valence-electron chi connectivity index (χ4n) is 1.78. The van der Waals surface area contributed by atoms with Crippen LogP contribution in [0.5, 0.6) is 0 Å². The number of nitrogens with zero attached hydrogens (tertiary/aromatic N) is 1. The molecule has 1 fully saturated rings. The predicted octanol–water partition coefficient (Wildman–Crippen LogP) is 2.26. The zero-order valence-electron chi connectivity index (χ0n) is 8.39. The van der Waals surface area contributed by atoms with E-state index in [0.717, 1.165) is 24.9 Å². The van der Waals surface area contributed by atoms with E-state index >= 15 is 0 Å². The Morgan fingerprint density at radius 3 is 2.67 bits per heavy atom. The van der Waals surface area contributed by atoms with E-state index in [1.165, 1.54) is 0 Å². The zero-order valence-corrected chi connectivity index (χ0v) is 8.39. The Balaban J connectivity index is 2.27. The molecular formula is C12H13NO2. The van der Waals surface area contributed by atoms with Crippen LogP contribution in [0.25, 0.3) is 0 Å². The van der Waals surface area contributed by atoms with Crippen molar-refractivity contribution < 1.29 is 9.90 Å². The molecule has 1 aromatic rings. The van der Waals surface area contributed by atoms with E-state index in [9.17, 15) is 4.79 Å². The molecule has 78 valence electrons. The average molecular weight is 203 g/mol. The van der Waals surface area contributed by atoms with Crippen molar-refractivity contribution in [3.63, 3.8) is 0 Å². The van der Waals surface area contributed by atoms with Crippen molar-refractivity contribution in [3.8, 4) is 0 Å². The minimum absolute atomic E-state index is 0.0880. The topological polar surface area (TPSA) is 40.5 Å². The summed E-state index contributed by atoms with van der Waals surface area (Å²) in [4.78, 5) is 13.6. The SMILES string of the molecule is O=C1/C(=C/O)CCCN1c1ccccc1. The first kappa shape index (κ1) is 9.77. The van der Waals surface area contributed by atoms with Crippen LogP contribution in [-0.4, -0.2) is 17.6 Å². The number of aliphatic hydroxyl groups excluding tert-OH is 1. The normalized spacial score (nSPS) is 19.6. The van der Waals surface area contributed by atoms with Gasteiger partial charge in [-0.15, -0.1) is 0 Å². The van der Waals surface area contributed by atoms with Crippen LogP contribution in [0.1, 0.15) is 12.8 Å². The number of carbonyl (C=O) groups excluding carboxylic acids is 1. The molecule has 0 unspecified atom stereocenters. The summed E-state index contributed by atoms with van der Waals surface area (Å²) in [5, 5.41) is 8.92.